The largest absolute Gasteiger partial charge is 0.465 e. The van der Waals surface area contributed by atoms with Crippen LogP contribution in [-0.4, -0.2) is 40.7 Å². The second-order valence-electron chi connectivity index (χ2n) is 4.22. The number of rotatable bonds is 3. The highest BCUT2D eigenvalue weighted by Crippen LogP contribution is 2.28. The molecule has 2 heterocycles. The quantitative estimate of drug-likeness (QED) is 0.854. The molecule has 0 atom stereocenters. The van der Waals surface area contributed by atoms with Gasteiger partial charge in [-0.3, -0.25) is 0 Å². The minimum absolute atomic E-state index is 0.131. The molecular weight excluding hydrogens is 262 g/mol. The number of hydrogen-bond acceptors (Lipinski definition) is 5. The predicted molar refractivity (Wildman–Crippen MR) is 70.4 cm³/mol. The van der Waals surface area contributed by atoms with Crippen molar-refractivity contribution >= 4 is 11.9 Å². The van der Waals surface area contributed by atoms with Gasteiger partial charge in [-0.1, -0.05) is 0 Å². The average molecular weight is 277 g/mol. The van der Waals surface area contributed by atoms with Crippen molar-refractivity contribution in [3.8, 4) is 11.5 Å². The summed E-state index contributed by atoms with van der Waals surface area (Å²) in [5.41, 5.74) is 1.25. The first kappa shape index (κ1) is 13.9. The molecule has 2 aromatic heterocycles. The molecule has 0 radical (unpaired) electrons. The van der Waals surface area contributed by atoms with Gasteiger partial charge < -0.3 is 19.0 Å². The van der Waals surface area contributed by atoms with Crippen LogP contribution in [0.4, 0.5) is 0 Å². The summed E-state index contributed by atoms with van der Waals surface area (Å²) in [6, 6.07) is 0. The molecule has 0 spiro atoms. The van der Waals surface area contributed by atoms with E-state index in [1.807, 2.05) is 0 Å². The van der Waals surface area contributed by atoms with Crippen molar-refractivity contribution in [3.63, 3.8) is 0 Å². The third-order valence-corrected chi connectivity index (χ3v) is 3.01. The van der Waals surface area contributed by atoms with Crippen LogP contribution < -0.4 is 0 Å². The van der Waals surface area contributed by atoms with E-state index in [1.165, 1.54) is 14.2 Å². The van der Waals surface area contributed by atoms with Gasteiger partial charge in [0, 0.05) is 25.1 Å². The van der Waals surface area contributed by atoms with Crippen LogP contribution >= 0.6 is 0 Å². The molecule has 0 bridgehead atoms. The molecule has 0 aliphatic rings. The van der Waals surface area contributed by atoms with Crippen LogP contribution in [0, 0.1) is 6.92 Å². The number of carbonyl (C=O) groups is 2. The number of nitrogens with one attached hydrogen (secondary N) is 1. The summed E-state index contributed by atoms with van der Waals surface area (Å²) in [7, 11) is 4.31. The molecule has 0 aliphatic carbocycles. The Morgan fingerprint density at radius 1 is 1.20 bits per heavy atom. The number of aromatic amines is 1. The van der Waals surface area contributed by atoms with Crippen molar-refractivity contribution in [3.05, 3.63) is 29.2 Å². The Morgan fingerprint density at radius 3 is 2.30 bits per heavy atom. The minimum atomic E-state index is -0.618. The molecule has 7 heteroatoms. The Balaban J connectivity index is 2.73. The van der Waals surface area contributed by atoms with Gasteiger partial charge in [0.1, 0.15) is 5.56 Å². The molecule has 0 fully saturated rings. The smallest absolute Gasteiger partial charge is 0.341 e. The van der Waals surface area contributed by atoms with Crippen LogP contribution in [0.2, 0.25) is 0 Å². The highest BCUT2D eigenvalue weighted by atomic mass is 16.5. The molecule has 0 aliphatic heterocycles. The Bertz CT molecular complexity index is 669. The first-order chi connectivity index (χ1) is 9.51. The van der Waals surface area contributed by atoms with Gasteiger partial charge in [-0.25, -0.2) is 14.6 Å². The normalized spacial score (nSPS) is 10.4. The van der Waals surface area contributed by atoms with Gasteiger partial charge >= 0.3 is 11.9 Å². The van der Waals surface area contributed by atoms with Crippen molar-refractivity contribution < 1.29 is 19.1 Å². The highest BCUT2D eigenvalue weighted by molar-refractivity contribution is 6.08. The van der Waals surface area contributed by atoms with Crippen LogP contribution in [0.5, 0.6) is 0 Å². The summed E-state index contributed by atoms with van der Waals surface area (Å²) in [5.74, 6) is -0.684. The van der Waals surface area contributed by atoms with Crippen molar-refractivity contribution in [2.45, 2.75) is 6.92 Å². The van der Waals surface area contributed by atoms with E-state index in [1.54, 1.807) is 30.9 Å². The van der Waals surface area contributed by atoms with E-state index >= 15 is 0 Å². The average Bonchev–Trinajstić information content (AvgIpc) is 3.00. The van der Waals surface area contributed by atoms with Crippen molar-refractivity contribution in [2.24, 2.45) is 7.05 Å². The molecule has 106 valence electrons. The Labute approximate surface area is 115 Å². The molecule has 0 saturated heterocycles. The van der Waals surface area contributed by atoms with Crippen LogP contribution in [0.15, 0.2) is 12.4 Å². The maximum Gasteiger partial charge on any atom is 0.341 e. The minimum Gasteiger partial charge on any atom is -0.465 e. The summed E-state index contributed by atoms with van der Waals surface area (Å²) in [6.45, 7) is 1.69. The zero-order valence-electron chi connectivity index (χ0n) is 11.7. The summed E-state index contributed by atoms with van der Waals surface area (Å²) in [4.78, 5) is 31.1. The SMILES string of the molecule is COC(=O)c1c(C)[nH]c(-c2nccn2C)c1C(=O)OC. The summed E-state index contributed by atoms with van der Waals surface area (Å²) < 4.78 is 11.2. The fraction of sp³-hybridized carbons (Fsp3) is 0.308. The Hall–Kier alpha value is -2.57. The number of aryl methyl sites for hydroxylation is 2. The van der Waals surface area contributed by atoms with E-state index in [0.29, 0.717) is 17.2 Å². The van der Waals surface area contributed by atoms with Crippen molar-refractivity contribution in [1.29, 1.82) is 0 Å². The topological polar surface area (TPSA) is 86.2 Å². The summed E-state index contributed by atoms with van der Waals surface area (Å²) >= 11 is 0. The summed E-state index contributed by atoms with van der Waals surface area (Å²) in [5, 5.41) is 0. The predicted octanol–water partition coefficient (Wildman–Crippen LogP) is 1.30. The number of nitrogens with zero attached hydrogens (tertiary/aromatic N) is 2. The maximum atomic E-state index is 12.0. The second-order valence-corrected chi connectivity index (χ2v) is 4.22. The Kier molecular flexibility index (Phi) is 3.60. The number of esters is 2. The molecule has 20 heavy (non-hydrogen) atoms. The number of imidazole rings is 1. The lowest BCUT2D eigenvalue weighted by atomic mass is 10.1. The van der Waals surface area contributed by atoms with Crippen molar-refractivity contribution in [2.75, 3.05) is 14.2 Å². The van der Waals surface area contributed by atoms with Crippen LogP contribution in [0.25, 0.3) is 11.5 Å². The van der Waals surface area contributed by atoms with Crippen molar-refractivity contribution in [1.82, 2.24) is 14.5 Å². The molecule has 1 N–H and O–H groups in total. The molecule has 2 aromatic rings. The molecule has 2 rings (SSSR count). The van der Waals surface area contributed by atoms with Gasteiger partial charge in [0.05, 0.1) is 25.5 Å². The molecule has 0 unspecified atom stereocenters. The lowest BCUT2D eigenvalue weighted by molar-refractivity contribution is 0.0556. The van der Waals surface area contributed by atoms with E-state index in [9.17, 15) is 9.59 Å². The standard InChI is InChI=1S/C13H15N3O4/c1-7-8(12(17)19-3)9(13(18)20-4)10(15-7)11-14-5-6-16(11)2/h5-6,15H,1-4H3. The third-order valence-electron chi connectivity index (χ3n) is 3.01. The number of aromatic nitrogens is 3. The van der Waals surface area contributed by atoms with E-state index in [-0.39, 0.29) is 11.1 Å². The zero-order chi connectivity index (χ0) is 14.9. The number of carbonyl (C=O) groups excluding carboxylic acids is 2. The number of ether oxygens (including phenoxy) is 2. The van der Waals surface area contributed by atoms with Gasteiger partial charge in [-0.2, -0.15) is 0 Å². The van der Waals surface area contributed by atoms with Gasteiger partial charge in [0.2, 0.25) is 0 Å². The second kappa shape index (κ2) is 5.20. The first-order valence-electron chi connectivity index (χ1n) is 5.88. The number of H-pyrrole nitrogens is 1. The lowest BCUT2D eigenvalue weighted by Gasteiger charge is -2.05. The van der Waals surface area contributed by atoms with E-state index in [2.05, 4.69) is 9.97 Å². The van der Waals surface area contributed by atoms with E-state index in [4.69, 9.17) is 9.47 Å². The molecule has 0 saturated carbocycles. The van der Waals surface area contributed by atoms with Gasteiger partial charge in [0.25, 0.3) is 0 Å². The summed E-state index contributed by atoms with van der Waals surface area (Å²) in [6.07, 6.45) is 3.34. The third kappa shape index (κ3) is 2.07. The zero-order valence-corrected chi connectivity index (χ0v) is 11.7. The van der Waals surface area contributed by atoms with E-state index < -0.39 is 11.9 Å². The maximum absolute atomic E-state index is 12.0. The molecular formula is C13H15N3O4. The van der Waals surface area contributed by atoms with Crippen LogP contribution in [-0.2, 0) is 16.5 Å². The monoisotopic (exact) mass is 277 g/mol. The first-order valence-corrected chi connectivity index (χ1v) is 5.88. The lowest BCUT2D eigenvalue weighted by Crippen LogP contribution is -2.11. The van der Waals surface area contributed by atoms with E-state index in [0.717, 1.165) is 0 Å². The Morgan fingerprint density at radius 2 is 1.80 bits per heavy atom. The van der Waals surface area contributed by atoms with Crippen LogP contribution in [0.3, 0.4) is 0 Å². The fourth-order valence-corrected chi connectivity index (χ4v) is 2.06. The van der Waals surface area contributed by atoms with Gasteiger partial charge in [0.15, 0.2) is 5.82 Å². The van der Waals surface area contributed by atoms with Crippen LogP contribution in [0.1, 0.15) is 26.4 Å². The molecule has 0 aromatic carbocycles. The van der Waals surface area contributed by atoms with Gasteiger partial charge in [-0.05, 0) is 6.92 Å². The number of hydrogen-bond donors (Lipinski definition) is 1. The molecule has 7 nitrogen and oxygen atoms in total. The molecule has 0 amide bonds. The highest BCUT2D eigenvalue weighted by Gasteiger charge is 2.29. The number of methoxy groups -OCH3 is 2. The van der Waals surface area contributed by atoms with Gasteiger partial charge in [-0.15, -0.1) is 0 Å². The fourth-order valence-electron chi connectivity index (χ4n) is 2.06.